The summed E-state index contributed by atoms with van der Waals surface area (Å²) >= 11 is 0. The summed E-state index contributed by atoms with van der Waals surface area (Å²) in [7, 11) is 1.68. The molecule has 0 radical (unpaired) electrons. The highest BCUT2D eigenvalue weighted by Crippen LogP contribution is 2.36. The van der Waals surface area contributed by atoms with Crippen molar-refractivity contribution in [2.75, 3.05) is 13.7 Å². The Morgan fingerprint density at radius 2 is 2.10 bits per heavy atom. The molecule has 2 atom stereocenters. The summed E-state index contributed by atoms with van der Waals surface area (Å²) in [5.74, 6) is 0.722. The first kappa shape index (κ1) is 14.8. The maximum absolute atomic E-state index is 5.24. The predicted octanol–water partition coefficient (Wildman–Crippen LogP) is 2.59. The van der Waals surface area contributed by atoms with Gasteiger partial charge >= 0.3 is 0 Å². The summed E-state index contributed by atoms with van der Waals surface area (Å²) in [5, 5.41) is 3.72. The average molecular weight is 289 g/mol. The van der Waals surface area contributed by atoms with Crippen molar-refractivity contribution in [2.45, 2.75) is 63.7 Å². The Bertz CT molecular complexity index is 451. The molecule has 3 rings (SSSR count). The zero-order chi connectivity index (χ0) is 14.7. The third kappa shape index (κ3) is 3.38. The van der Waals surface area contributed by atoms with Crippen LogP contribution >= 0.6 is 0 Å². The van der Waals surface area contributed by atoms with Crippen LogP contribution in [0.5, 0.6) is 5.88 Å². The molecule has 21 heavy (non-hydrogen) atoms. The van der Waals surface area contributed by atoms with E-state index in [-0.39, 0.29) is 0 Å². The molecule has 0 saturated carbocycles. The number of methoxy groups -OCH3 is 1. The standard InChI is InChI=1S/C17H27N3O/c1-3-7-18-14-10-15-4-5-16(11-14)20(15)12-13-6-8-19-17(9-13)21-2/h6,8-9,14-16,18H,3-5,7,10-12H2,1-2H3. The SMILES string of the molecule is CCCNC1CC2CCC(C1)N2Cc1ccnc(OC)c1. The van der Waals surface area contributed by atoms with Gasteiger partial charge in [0.25, 0.3) is 0 Å². The number of hydrogen-bond donors (Lipinski definition) is 1. The van der Waals surface area contributed by atoms with Gasteiger partial charge in [-0.1, -0.05) is 6.92 Å². The van der Waals surface area contributed by atoms with Gasteiger partial charge in [-0.3, -0.25) is 4.90 Å². The molecule has 1 N–H and O–H groups in total. The van der Waals surface area contributed by atoms with Crippen LogP contribution in [0.25, 0.3) is 0 Å². The molecule has 2 aliphatic heterocycles. The summed E-state index contributed by atoms with van der Waals surface area (Å²) in [6.45, 7) is 4.44. The predicted molar refractivity (Wildman–Crippen MR) is 84.5 cm³/mol. The van der Waals surface area contributed by atoms with Gasteiger partial charge in [0.1, 0.15) is 0 Å². The lowest BCUT2D eigenvalue weighted by Crippen LogP contribution is -2.48. The van der Waals surface area contributed by atoms with Crippen molar-refractivity contribution >= 4 is 0 Å². The zero-order valence-electron chi connectivity index (χ0n) is 13.2. The molecule has 116 valence electrons. The van der Waals surface area contributed by atoms with E-state index in [4.69, 9.17) is 4.74 Å². The van der Waals surface area contributed by atoms with E-state index in [0.717, 1.165) is 37.1 Å². The van der Waals surface area contributed by atoms with E-state index in [1.165, 1.54) is 37.7 Å². The second-order valence-corrected chi connectivity index (χ2v) is 6.39. The number of aromatic nitrogens is 1. The molecule has 0 aliphatic carbocycles. The molecule has 0 spiro atoms. The number of hydrogen-bond acceptors (Lipinski definition) is 4. The summed E-state index contributed by atoms with van der Waals surface area (Å²) < 4.78 is 5.24. The molecule has 2 fully saturated rings. The Hall–Kier alpha value is -1.13. The Kier molecular flexibility index (Phi) is 4.76. The van der Waals surface area contributed by atoms with Gasteiger partial charge in [-0.2, -0.15) is 0 Å². The van der Waals surface area contributed by atoms with E-state index in [9.17, 15) is 0 Å². The molecule has 0 amide bonds. The molecule has 2 unspecified atom stereocenters. The van der Waals surface area contributed by atoms with Crippen molar-refractivity contribution < 1.29 is 4.74 Å². The van der Waals surface area contributed by atoms with Crippen LogP contribution in [0.2, 0.25) is 0 Å². The van der Waals surface area contributed by atoms with Crippen LogP contribution in [-0.4, -0.2) is 41.7 Å². The summed E-state index contributed by atoms with van der Waals surface area (Å²) in [6, 6.07) is 6.41. The molecule has 1 aromatic heterocycles. The second-order valence-electron chi connectivity index (χ2n) is 6.39. The van der Waals surface area contributed by atoms with E-state index < -0.39 is 0 Å². The lowest BCUT2D eigenvalue weighted by atomic mass is 9.96. The van der Waals surface area contributed by atoms with Crippen LogP contribution in [-0.2, 0) is 6.54 Å². The fourth-order valence-electron chi connectivity index (χ4n) is 3.92. The maximum atomic E-state index is 5.24. The van der Waals surface area contributed by atoms with Crippen molar-refractivity contribution in [3.63, 3.8) is 0 Å². The lowest BCUT2D eigenvalue weighted by molar-refractivity contribution is 0.109. The fraction of sp³-hybridized carbons (Fsp3) is 0.706. The number of ether oxygens (including phenoxy) is 1. The van der Waals surface area contributed by atoms with Gasteiger partial charge in [-0.15, -0.1) is 0 Å². The first-order valence-corrected chi connectivity index (χ1v) is 8.28. The minimum atomic E-state index is 0.722. The third-order valence-electron chi connectivity index (χ3n) is 4.94. The largest absolute Gasteiger partial charge is 0.481 e. The number of nitrogens with one attached hydrogen (secondary N) is 1. The van der Waals surface area contributed by atoms with Gasteiger partial charge in [0.2, 0.25) is 5.88 Å². The van der Waals surface area contributed by atoms with Crippen molar-refractivity contribution in [2.24, 2.45) is 0 Å². The average Bonchev–Trinajstić information content (AvgIpc) is 2.75. The maximum Gasteiger partial charge on any atom is 0.213 e. The number of fused-ring (bicyclic) bond motifs is 2. The Morgan fingerprint density at radius 3 is 2.76 bits per heavy atom. The summed E-state index contributed by atoms with van der Waals surface area (Å²) in [5.41, 5.74) is 1.32. The minimum Gasteiger partial charge on any atom is -0.481 e. The van der Waals surface area contributed by atoms with E-state index in [2.05, 4.69) is 34.3 Å². The number of pyridine rings is 1. The summed E-state index contributed by atoms with van der Waals surface area (Å²) in [4.78, 5) is 6.91. The van der Waals surface area contributed by atoms with Crippen LogP contribution in [0.4, 0.5) is 0 Å². The van der Waals surface area contributed by atoms with Crippen molar-refractivity contribution in [3.05, 3.63) is 23.9 Å². The molecular formula is C17H27N3O. The highest BCUT2D eigenvalue weighted by molar-refractivity contribution is 5.21. The van der Waals surface area contributed by atoms with Crippen LogP contribution in [0.3, 0.4) is 0 Å². The van der Waals surface area contributed by atoms with Gasteiger partial charge in [0.05, 0.1) is 7.11 Å². The first-order valence-electron chi connectivity index (χ1n) is 8.28. The lowest BCUT2D eigenvalue weighted by Gasteiger charge is -2.39. The highest BCUT2D eigenvalue weighted by atomic mass is 16.5. The van der Waals surface area contributed by atoms with Crippen LogP contribution in [0.1, 0.15) is 44.6 Å². The summed E-state index contributed by atoms with van der Waals surface area (Å²) in [6.07, 6.45) is 8.41. The molecule has 2 bridgehead atoms. The van der Waals surface area contributed by atoms with E-state index in [1.54, 1.807) is 7.11 Å². The van der Waals surface area contributed by atoms with Gasteiger partial charge < -0.3 is 10.1 Å². The minimum absolute atomic E-state index is 0.722. The number of piperidine rings is 1. The van der Waals surface area contributed by atoms with Crippen molar-refractivity contribution in [1.29, 1.82) is 0 Å². The smallest absolute Gasteiger partial charge is 0.213 e. The van der Waals surface area contributed by atoms with E-state index in [1.807, 2.05) is 6.20 Å². The van der Waals surface area contributed by atoms with Crippen LogP contribution in [0, 0.1) is 0 Å². The quantitative estimate of drug-likeness (QED) is 0.873. The molecule has 4 nitrogen and oxygen atoms in total. The zero-order valence-corrected chi connectivity index (χ0v) is 13.2. The van der Waals surface area contributed by atoms with E-state index >= 15 is 0 Å². The van der Waals surface area contributed by atoms with Crippen molar-refractivity contribution in [1.82, 2.24) is 15.2 Å². The molecule has 3 heterocycles. The Labute approximate surface area is 127 Å². The Morgan fingerprint density at radius 1 is 1.33 bits per heavy atom. The normalized spacial score (nSPS) is 28.8. The van der Waals surface area contributed by atoms with Crippen LogP contribution < -0.4 is 10.1 Å². The number of nitrogens with zero attached hydrogens (tertiary/aromatic N) is 2. The van der Waals surface area contributed by atoms with Gasteiger partial charge in [0, 0.05) is 36.9 Å². The molecule has 4 heteroatoms. The van der Waals surface area contributed by atoms with E-state index in [0.29, 0.717) is 0 Å². The fourth-order valence-corrected chi connectivity index (χ4v) is 3.92. The van der Waals surface area contributed by atoms with Gasteiger partial charge in [-0.25, -0.2) is 4.98 Å². The molecule has 2 aliphatic rings. The van der Waals surface area contributed by atoms with Crippen LogP contribution in [0.15, 0.2) is 18.3 Å². The molecular weight excluding hydrogens is 262 g/mol. The second kappa shape index (κ2) is 6.75. The third-order valence-corrected chi connectivity index (χ3v) is 4.94. The number of rotatable bonds is 6. The van der Waals surface area contributed by atoms with Gasteiger partial charge in [0.15, 0.2) is 0 Å². The Balaban J connectivity index is 1.62. The van der Waals surface area contributed by atoms with Crippen molar-refractivity contribution in [3.8, 4) is 5.88 Å². The monoisotopic (exact) mass is 289 g/mol. The molecule has 0 aromatic carbocycles. The first-order chi connectivity index (χ1) is 10.3. The topological polar surface area (TPSA) is 37.4 Å². The van der Waals surface area contributed by atoms with Gasteiger partial charge in [-0.05, 0) is 50.3 Å². The highest BCUT2D eigenvalue weighted by Gasteiger charge is 2.40. The molecule has 2 saturated heterocycles. The molecule has 1 aromatic rings.